The van der Waals surface area contributed by atoms with Gasteiger partial charge >= 0.3 is 0 Å². The fourth-order valence-electron chi connectivity index (χ4n) is 2.72. The minimum atomic E-state index is -0.429. The molecule has 0 aromatic heterocycles. The van der Waals surface area contributed by atoms with Crippen molar-refractivity contribution >= 4 is 29.1 Å². The van der Waals surface area contributed by atoms with Crippen LogP contribution >= 0.6 is 11.6 Å². The number of dihydropyridines is 1. The first kappa shape index (κ1) is 17.9. The highest BCUT2D eigenvalue weighted by Crippen LogP contribution is 2.34. The van der Waals surface area contributed by atoms with Gasteiger partial charge in [-0.15, -0.1) is 0 Å². The molecule has 0 saturated carbocycles. The van der Waals surface area contributed by atoms with Crippen LogP contribution in [0.2, 0.25) is 5.02 Å². The minimum Gasteiger partial charge on any atom is -0.491 e. The summed E-state index contributed by atoms with van der Waals surface area (Å²) in [6.45, 7) is 0.490. The van der Waals surface area contributed by atoms with E-state index in [9.17, 15) is 9.59 Å². The van der Waals surface area contributed by atoms with E-state index in [0.717, 1.165) is 0 Å². The molecule has 7 heteroatoms. The van der Waals surface area contributed by atoms with Crippen molar-refractivity contribution in [3.8, 4) is 11.5 Å². The minimum absolute atomic E-state index is 0.227. The Bertz CT molecular complexity index is 855. The van der Waals surface area contributed by atoms with Crippen LogP contribution in [0.15, 0.2) is 59.1 Å². The maximum Gasteiger partial charge on any atom is 0.270 e. The molecule has 3 rings (SSSR count). The number of carbonyl (C=O) groups is 2. The molecule has 6 nitrogen and oxygen atoms in total. The van der Waals surface area contributed by atoms with Crippen molar-refractivity contribution in [2.75, 3.05) is 20.3 Å². The van der Waals surface area contributed by atoms with Gasteiger partial charge < -0.3 is 14.8 Å². The molecule has 1 aliphatic heterocycles. The fraction of sp³-hybridized carbons (Fsp3) is 0.211. The molecule has 1 atom stereocenters. The standard InChI is InChI=1S/C19H17ClN2O4/c1-25-18-14(20)6-4-8-16(18)26-10-9-21-19(24)13-11-17(23)22-15-7-3-2-5-12(13)15/h2-8,11-12H,9-10H2,1H3,(H,21,24). The highest BCUT2D eigenvalue weighted by Gasteiger charge is 2.28. The number of para-hydroxylation sites is 1. The number of hydrogen-bond donors (Lipinski definition) is 1. The van der Waals surface area contributed by atoms with Gasteiger partial charge in [0.2, 0.25) is 5.91 Å². The second-order valence-corrected chi connectivity index (χ2v) is 5.98. The number of fused-ring (bicyclic) bond motifs is 1. The SMILES string of the molecule is COc1c(Cl)cccc1OCCNC(=O)C1=CC(=O)N=C2C=CC=CC12. The van der Waals surface area contributed by atoms with E-state index in [4.69, 9.17) is 21.1 Å². The van der Waals surface area contributed by atoms with Crippen LogP contribution in [-0.2, 0) is 9.59 Å². The molecule has 2 amide bonds. The Kier molecular flexibility index (Phi) is 5.53. The lowest BCUT2D eigenvalue weighted by atomic mass is 9.87. The fourth-order valence-corrected chi connectivity index (χ4v) is 2.96. The maximum atomic E-state index is 12.4. The van der Waals surface area contributed by atoms with Crippen LogP contribution in [0.5, 0.6) is 11.5 Å². The van der Waals surface area contributed by atoms with Gasteiger partial charge in [-0.25, -0.2) is 4.99 Å². The van der Waals surface area contributed by atoms with Gasteiger partial charge in [0.1, 0.15) is 6.61 Å². The average Bonchev–Trinajstić information content (AvgIpc) is 2.64. The second-order valence-electron chi connectivity index (χ2n) is 5.57. The van der Waals surface area contributed by atoms with Crippen molar-refractivity contribution in [3.05, 3.63) is 59.2 Å². The van der Waals surface area contributed by atoms with Crippen molar-refractivity contribution < 1.29 is 19.1 Å². The summed E-state index contributed by atoms with van der Waals surface area (Å²) in [7, 11) is 1.51. The number of halogens is 1. The normalized spacial score (nSPS) is 17.9. The Morgan fingerprint density at radius 3 is 3.00 bits per heavy atom. The number of methoxy groups -OCH3 is 1. The number of aliphatic imine (C=N–C) groups is 1. The van der Waals surface area contributed by atoms with Gasteiger partial charge in [-0.2, -0.15) is 0 Å². The van der Waals surface area contributed by atoms with Crippen molar-refractivity contribution in [2.45, 2.75) is 0 Å². The number of amides is 2. The zero-order valence-corrected chi connectivity index (χ0v) is 14.8. The third-order valence-corrected chi connectivity index (χ3v) is 4.19. The van der Waals surface area contributed by atoms with Crippen molar-refractivity contribution in [1.82, 2.24) is 5.32 Å². The topological polar surface area (TPSA) is 77.0 Å². The number of rotatable bonds is 6. The number of nitrogens with one attached hydrogen (secondary N) is 1. The molecule has 2 aliphatic rings. The number of ether oxygens (including phenoxy) is 2. The first-order valence-electron chi connectivity index (χ1n) is 8.02. The Labute approximate surface area is 155 Å². The quantitative estimate of drug-likeness (QED) is 0.778. The van der Waals surface area contributed by atoms with Crippen LogP contribution in [-0.4, -0.2) is 37.8 Å². The van der Waals surface area contributed by atoms with Gasteiger partial charge in [0.25, 0.3) is 5.91 Å². The highest BCUT2D eigenvalue weighted by molar-refractivity contribution is 6.32. The summed E-state index contributed by atoms with van der Waals surface area (Å²) < 4.78 is 10.8. The predicted molar refractivity (Wildman–Crippen MR) is 98.8 cm³/mol. The molecular formula is C19H17ClN2O4. The summed E-state index contributed by atoms with van der Waals surface area (Å²) in [5.41, 5.74) is 0.950. The summed E-state index contributed by atoms with van der Waals surface area (Å²) in [6.07, 6.45) is 8.46. The molecule has 0 saturated heterocycles. The third-order valence-electron chi connectivity index (χ3n) is 3.90. The van der Waals surface area contributed by atoms with E-state index in [1.54, 1.807) is 30.4 Å². The second kappa shape index (κ2) is 8.01. The zero-order chi connectivity index (χ0) is 18.5. The molecule has 0 spiro atoms. The van der Waals surface area contributed by atoms with Gasteiger partial charge in [0, 0.05) is 11.6 Å². The molecule has 0 bridgehead atoms. The summed E-state index contributed by atoms with van der Waals surface area (Å²) in [5, 5.41) is 3.21. The van der Waals surface area contributed by atoms with E-state index in [1.165, 1.54) is 13.2 Å². The molecule has 1 unspecified atom stereocenters. The van der Waals surface area contributed by atoms with E-state index in [-0.39, 0.29) is 25.0 Å². The molecular weight excluding hydrogens is 356 g/mol. The number of benzene rings is 1. The summed E-state index contributed by atoms with van der Waals surface area (Å²) in [5.74, 6) is -0.109. The zero-order valence-electron chi connectivity index (χ0n) is 14.1. The monoisotopic (exact) mass is 372 g/mol. The Morgan fingerprint density at radius 2 is 2.19 bits per heavy atom. The van der Waals surface area contributed by atoms with Crippen LogP contribution in [0, 0.1) is 5.92 Å². The molecule has 1 aromatic rings. The van der Waals surface area contributed by atoms with E-state index in [2.05, 4.69) is 10.3 Å². The Balaban J connectivity index is 1.57. The molecule has 1 N–H and O–H groups in total. The van der Waals surface area contributed by atoms with Crippen LogP contribution in [0.25, 0.3) is 0 Å². The lowest BCUT2D eigenvalue weighted by Gasteiger charge is -2.21. The van der Waals surface area contributed by atoms with Crippen LogP contribution in [0.3, 0.4) is 0 Å². The molecule has 1 aromatic carbocycles. The van der Waals surface area contributed by atoms with Crippen LogP contribution in [0.1, 0.15) is 0 Å². The first-order valence-corrected chi connectivity index (χ1v) is 8.40. The van der Waals surface area contributed by atoms with Crippen LogP contribution in [0.4, 0.5) is 0 Å². The number of allylic oxidation sites excluding steroid dienone is 4. The largest absolute Gasteiger partial charge is 0.491 e. The summed E-state index contributed by atoms with van der Waals surface area (Å²) >= 11 is 6.04. The van der Waals surface area contributed by atoms with E-state index < -0.39 is 5.91 Å². The first-order chi connectivity index (χ1) is 12.6. The highest BCUT2D eigenvalue weighted by atomic mass is 35.5. The lowest BCUT2D eigenvalue weighted by Crippen LogP contribution is -2.35. The summed E-state index contributed by atoms with van der Waals surface area (Å²) in [6, 6.07) is 5.19. The van der Waals surface area contributed by atoms with E-state index >= 15 is 0 Å². The average molecular weight is 373 g/mol. The number of nitrogens with zero attached hydrogens (tertiary/aromatic N) is 1. The lowest BCUT2D eigenvalue weighted by molar-refractivity contribution is -0.119. The molecule has 0 radical (unpaired) electrons. The molecule has 26 heavy (non-hydrogen) atoms. The Hall–Kier alpha value is -2.86. The molecule has 1 aliphatic carbocycles. The van der Waals surface area contributed by atoms with Gasteiger partial charge in [-0.3, -0.25) is 9.59 Å². The number of hydrogen-bond acceptors (Lipinski definition) is 4. The van der Waals surface area contributed by atoms with Crippen molar-refractivity contribution in [2.24, 2.45) is 10.9 Å². The maximum absolute atomic E-state index is 12.4. The van der Waals surface area contributed by atoms with Crippen molar-refractivity contribution in [3.63, 3.8) is 0 Å². The van der Waals surface area contributed by atoms with E-state index in [0.29, 0.717) is 27.8 Å². The predicted octanol–water partition coefficient (Wildman–Crippen LogP) is 2.49. The van der Waals surface area contributed by atoms with Crippen LogP contribution < -0.4 is 14.8 Å². The molecule has 1 heterocycles. The van der Waals surface area contributed by atoms with Gasteiger partial charge in [0.15, 0.2) is 11.5 Å². The third kappa shape index (κ3) is 3.86. The summed E-state index contributed by atoms with van der Waals surface area (Å²) in [4.78, 5) is 28.1. The van der Waals surface area contributed by atoms with E-state index in [1.807, 2.05) is 12.2 Å². The van der Waals surface area contributed by atoms with Crippen molar-refractivity contribution in [1.29, 1.82) is 0 Å². The van der Waals surface area contributed by atoms with Gasteiger partial charge in [-0.1, -0.05) is 35.9 Å². The Morgan fingerprint density at radius 1 is 1.35 bits per heavy atom. The van der Waals surface area contributed by atoms with Gasteiger partial charge in [0.05, 0.1) is 30.3 Å². The smallest absolute Gasteiger partial charge is 0.270 e. The van der Waals surface area contributed by atoms with Gasteiger partial charge in [-0.05, 0) is 18.2 Å². The number of carbonyl (C=O) groups excluding carboxylic acids is 2. The molecule has 134 valence electrons. The molecule has 0 fully saturated rings.